The van der Waals surface area contributed by atoms with Crippen LogP contribution in [-0.2, 0) is 16.1 Å². The molecule has 2 aromatic carbocycles. The maximum atomic E-state index is 6.37. The van der Waals surface area contributed by atoms with Gasteiger partial charge >= 0.3 is 0 Å². The van der Waals surface area contributed by atoms with Crippen molar-refractivity contribution in [2.75, 3.05) is 13.2 Å². The second-order valence-corrected chi connectivity index (χ2v) is 10.5. The smallest absolute Gasteiger partial charge is 0.133 e. The highest BCUT2D eigenvalue weighted by Crippen LogP contribution is 2.43. The molecule has 0 aromatic heterocycles. The summed E-state index contributed by atoms with van der Waals surface area (Å²) in [6, 6.07) is 16.5. The first-order valence-corrected chi connectivity index (χ1v) is 13.6. The third kappa shape index (κ3) is 6.12. The Morgan fingerprint density at radius 1 is 0.946 bits per heavy atom. The fraction of sp³-hybridized carbons (Fsp3) is 0.394. The third-order valence-electron chi connectivity index (χ3n) is 7.02. The van der Waals surface area contributed by atoms with Crippen LogP contribution in [-0.4, -0.2) is 18.8 Å². The first-order chi connectivity index (χ1) is 18.0. The lowest BCUT2D eigenvalue weighted by atomic mass is 9.88. The average molecular weight is 499 g/mol. The minimum atomic E-state index is -0.266. The van der Waals surface area contributed by atoms with Gasteiger partial charge in [0.25, 0.3) is 0 Å². The number of ether oxygens (including phenoxy) is 4. The fourth-order valence-corrected chi connectivity index (χ4v) is 5.00. The number of allylic oxidation sites excluding steroid dienone is 4. The first kappa shape index (κ1) is 25.3. The van der Waals surface area contributed by atoms with Crippen LogP contribution in [0.4, 0.5) is 0 Å². The highest BCUT2D eigenvalue weighted by atomic mass is 16.5. The molecule has 2 heterocycles. The van der Waals surface area contributed by atoms with Crippen molar-refractivity contribution in [2.45, 2.75) is 71.5 Å². The van der Waals surface area contributed by atoms with E-state index in [0.717, 1.165) is 71.2 Å². The van der Waals surface area contributed by atoms with Gasteiger partial charge in [0.05, 0.1) is 12.2 Å². The van der Waals surface area contributed by atoms with Crippen molar-refractivity contribution in [1.82, 2.24) is 0 Å². The van der Waals surface area contributed by atoms with E-state index < -0.39 is 0 Å². The maximum Gasteiger partial charge on any atom is 0.133 e. The van der Waals surface area contributed by atoms with Crippen LogP contribution in [0, 0.1) is 0 Å². The summed E-state index contributed by atoms with van der Waals surface area (Å²) in [4.78, 5) is 0. The highest BCUT2D eigenvalue weighted by molar-refractivity contribution is 5.76. The average Bonchev–Trinajstić information content (AvgIpc) is 2.91. The Bertz CT molecular complexity index is 1230. The quantitative estimate of drug-likeness (QED) is 0.309. The SMILES string of the molecule is CCCCCCOc1ccc(C2=CC3=C(OC2)C2=C(CC3)OC(C)(C)C=C2)c(OCc2ccccc2)c1. The molecule has 1 aliphatic carbocycles. The molecule has 0 radical (unpaired) electrons. The molecule has 0 saturated heterocycles. The van der Waals surface area contributed by atoms with Gasteiger partial charge in [0.15, 0.2) is 0 Å². The van der Waals surface area contributed by atoms with E-state index in [9.17, 15) is 0 Å². The summed E-state index contributed by atoms with van der Waals surface area (Å²) >= 11 is 0. The molecule has 2 aromatic rings. The molecule has 0 amide bonds. The molecule has 0 fully saturated rings. The van der Waals surface area contributed by atoms with Crippen molar-refractivity contribution in [1.29, 1.82) is 0 Å². The highest BCUT2D eigenvalue weighted by Gasteiger charge is 2.32. The molecule has 0 saturated carbocycles. The number of benzene rings is 2. The minimum absolute atomic E-state index is 0.266. The van der Waals surface area contributed by atoms with E-state index in [1.807, 2.05) is 24.3 Å². The second-order valence-electron chi connectivity index (χ2n) is 10.5. The van der Waals surface area contributed by atoms with Crippen molar-refractivity contribution < 1.29 is 18.9 Å². The van der Waals surface area contributed by atoms with Gasteiger partial charge in [-0.05, 0) is 68.2 Å². The van der Waals surface area contributed by atoms with Gasteiger partial charge in [0.1, 0.15) is 41.8 Å². The predicted octanol–water partition coefficient (Wildman–Crippen LogP) is 8.31. The van der Waals surface area contributed by atoms with Crippen molar-refractivity contribution in [2.24, 2.45) is 0 Å². The maximum absolute atomic E-state index is 6.37. The number of hydrogen-bond donors (Lipinski definition) is 0. The molecule has 4 heteroatoms. The molecular weight excluding hydrogens is 460 g/mol. The molecule has 5 rings (SSSR count). The molecule has 194 valence electrons. The summed E-state index contributed by atoms with van der Waals surface area (Å²) in [6.45, 7) is 8.13. The van der Waals surface area contributed by atoms with E-state index in [0.29, 0.717) is 13.2 Å². The van der Waals surface area contributed by atoms with Crippen LogP contribution in [0.1, 0.15) is 70.4 Å². The van der Waals surface area contributed by atoms with Crippen molar-refractivity contribution >= 4 is 5.57 Å². The first-order valence-electron chi connectivity index (χ1n) is 13.6. The molecule has 0 N–H and O–H groups in total. The standard InChI is InChI=1S/C33H38O4/c1-4-5-6-10-19-34-27-14-15-28(31(21-27)35-22-24-11-8-7-9-12-24)26-20-25-13-16-30-29(32(25)36-23-26)17-18-33(2,3)37-30/h7-9,11-12,14-15,17-18,20-21H,4-6,10,13,16,19,22-23H2,1-3H3. The topological polar surface area (TPSA) is 36.9 Å². The molecule has 3 aliphatic rings. The van der Waals surface area contributed by atoms with Gasteiger partial charge in [-0.15, -0.1) is 0 Å². The van der Waals surface area contributed by atoms with Crippen LogP contribution in [0.3, 0.4) is 0 Å². The van der Waals surface area contributed by atoms with Crippen molar-refractivity contribution in [3.8, 4) is 11.5 Å². The summed E-state index contributed by atoms with van der Waals surface area (Å²) in [5.74, 6) is 3.67. The van der Waals surface area contributed by atoms with Crippen LogP contribution in [0.25, 0.3) is 5.57 Å². The van der Waals surface area contributed by atoms with E-state index in [-0.39, 0.29) is 5.60 Å². The molecular formula is C33H38O4. The van der Waals surface area contributed by atoms with E-state index in [2.05, 4.69) is 63.3 Å². The Morgan fingerprint density at radius 3 is 2.65 bits per heavy atom. The van der Waals surface area contributed by atoms with Crippen molar-refractivity contribution in [3.63, 3.8) is 0 Å². The molecule has 4 nitrogen and oxygen atoms in total. The predicted molar refractivity (Wildman–Crippen MR) is 148 cm³/mol. The summed E-state index contributed by atoms with van der Waals surface area (Å²) in [5, 5.41) is 0. The van der Waals surface area contributed by atoms with Crippen LogP contribution < -0.4 is 9.47 Å². The van der Waals surface area contributed by atoms with E-state index in [4.69, 9.17) is 18.9 Å². The molecule has 2 aliphatic heterocycles. The lowest BCUT2D eigenvalue weighted by molar-refractivity contribution is 0.0633. The Kier molecular flexibility index (Phi) is 7.73. The molecule has 0 spiro atoms. The van der Waals surface area contributed by atoms with E-state index in [1.165, 1.54) is 24.8 Å². The summed E-state index contributed by atoms with van der Waals surface area (Å²) in [7, 11) is 0. The number of unbranched alkanes of at least 4 members (excludes halogenated alkanes) is 3. The van der Waals surface area contributed by atoms with Gasteiger partial charge in [-0.25, -0.2) is 0 Å². The molecule has 0 unspecified atom stereocenters. The Hall–Kier alpha value is -3.40. The normalized spacial score (nSPS) is 17.9. The largest absolute Gasteiger partial charge is 0.493 e. The van der Waals surface area contributed by atoms with Gasteiger partial charge in [0.2, 0.25) is 0 Å². The van der Waals surface area contributed by atoms with Gasteiger partial charge in [-0.3, -0.25) is 0 Å². The number of fused-ring (bicyclic) bond motifs is 1. The lowest BCUT2D eigenvalue weighted by Crippen LogP contribution is -2.27. The van der Waals surface area contributed by atoms with Gasteiger partial charge in [-0.2, -0.15) is 0 Å². The Morgan fingerprint density at radius 2 is 1.81 bits per heavy atom. The van der Waals surface area contributed by atoms with Crippen LogP contribution in [0.2, 0.25) is 0 Å². The van der Waals surface area contributed by atoms with Gasteiger partial charge in [-0.1, -0.05) is 56.5 Å². The van der Waals surface area contributed by atoms with Crippen LogP contribution in [0.5, 0.6) is 11.5 Å². The van der Waals surface area contributed by atoms with E-state index in [1.54, 1.807) is 0 Å². The molecule has 37 heavy (non-hydrogen) atoms. The number of rotatable bonds is 10. The summed E-state index contributed by atoms with van der Waals surface area (Å²) in [6.07, 6.45) is 13.1. The van der Waals surface area contributed by atoms with Crippen LogP contribution >= 0.6 is 0 Å². The Balaban J connectivity index is 1.39. The second kappa shape index (κ2) is 11.3. The molecule has 0 bridgehead atoms. The zero-order valence-corrected chi connectivity index (χ0v) is 22.3. The monoisotopic (exact) mass is 498 g/mol. The van der Waals surface area contributed by atoms with Gasteiger partial charge in [0, 0.05) is 23.6 Å². The van der Waals surface area contributed by atoms with E-state index >= 15 is 0 Å². The third-order valence-corrected chi connectivity index (χ3v) is 7.02. The number of hydrogen-bond acceptors (Lipinski definition) is 4. The lowest BCUT2D eigenvalue weighted by Gasteiger charge is -2.35. The summed E-state index contributed by atoms with van der Waals surface area (Å²) < 4.78 is 25.1. The Labute approximate surface area is 221 Å². The van der Waals surface area contributed by atoms with Gasteiger partial charge < -0.3 is 18.9 Å². The van der Waals surface area contributed by atoms with Crippen LogP contribution in [0.15, 0.2) is 89.4 Å². The minimum Gasteiger partial charge on any atom is -0.493 e. The summed E-state index contributed by atoms with van der Waals surface area (Å²) in [5.41, 5.74) is 5.36. The molecule has 0 atom stereocenters. The zero-order valence-electron chi connectivity index (χ0n) is 22.3. The van der Waals surface area contributed by atoms with Crippen molar-refractivity contribution in [3.05, 3.63) is 101 Å². The fourth-order valence-electron chi connectivity index (χ4n) is 5.00. The zero-order chi connectivity index (χ0) is 25.7.